The maximum atomic E-state index is 10.9. The van der Waals surface area contributed by atoms with Gasteiger partial charge in [0.05, 0.1) is 6.54 Å². The van der Waals surface area contributed by atoms with Crippen molar-refractivity contribution >= 4 is 35.8 Å². The second kappa shape index (κ2) is 7.37. The van der Waals surface area contributed by atoms with E-state index in [4.69, 9.17) is 10.2 Å². The van der Waals surface area contributed by atoms with Gasteiger partial charge in [0, 0.05) is 12.6 Å². The first kappa shape index (κ1) is 17.8. The SMILES string of the molecule is CN=C(NCc1ccc(C(N)=O)o1)NC(C)(C)C.I. The molecule has 0 aliphatic rings. The number of carbonyl (C=O) groups excluding carboxylic acids is 1. The third kappa shape index (κ3) is 6.46. The molecule has 0 spiro atoms. The molecule has 0 saturated heterocycles. The zero-order chi connectivity index (χ0) is 13.8. The standard InChI is InChI=1S/C12H20N4O2.HI/c1-12(2,3)16-11(14-4)15-7-8-5-6-9(18-8)10(13)17;/h5-6H,7H2,1-4H3,(H2,13,17)(H2,14,15,16);1H. The lowest BCUT2D eigenvalue weighted by Crippen LogP contribution is -2.47. The Bertz CT molecular complexity index is 449. The summed E-state index contributed by atoms with van der Waals surface area (Å²) < 4.78 is 5.25. The molecule has 7 heteroatoms. The Kier molecular flexibility index (Phi) is 6.88. The first-order chi connectivity index (χ1) is 8.31. The van der Waals surface area contributed by atoms with Crippen molar-refractivity contribution in [2.24, 2.45) is 10.7 Å². The Morgan fingerprint density at radius 3 is 2.47 bits per heavy atom. The number of rotatable bonds is 3. The third-order valence-corrected chi connectivity index (χ3v) is 2.05. The van der Waals surface area contributed by atoms with Crippen molar-refractivity contribution in [1.82, 2.24) is 10.6 Å². The van der Waals surface area contributed by atoms with E-state index in [1.54, 1.807) is 19.2 Å². The minimum atomic E-state index is -0.571. The highest BCUT2D eigenvalue weighted by Crippen LogP contribution is 2.06. The second-order valence-corrected chi connectivity index (χ2v) is 4.93. The molecular formula is C12H21IN4O2. The van der Waals surface area contributed by atoms with Gasteiger partial charge in [-0.2, -0.15) is 0 Å². The van der Waals surface area contributed by atoms with Gasteiger partial charge in [-0.3, -0.25) is 9.79 Å². The first-order valence-corrected chi connectivity index (χ1v) is 5.69. The van der Waals surface area contributed by atoms with Gasteiger partial charge in [-0.1, -0.05) is 0 Å². The Balaban J connectivity index is 0.00000324. The highest BCUT2D eigenvalue weighted by molar-refractivity contribution is 14.0. The summed E-state index contributed by atoms with van der Waals surface area (Å²) in [5.74, 6) is 0.879. The number of guanidine groups is 1. The molecule has 0 atom stereocenters. The van der Waals surface area contributed by atoms with Gasteiger partial charge in [-0.15, -0.1) is 24.0 Å². The molecule has 1 aromatic heterocycles. The number of furan rings is 1. The number of carbonyl (C=O) groups is 1. The number of hydrogen-bond acceptors (Lipinski definition) is 3. The maximum Gasteiger partial charge on any atom is 0.284 e. The third-order valence-electron chi connectivity index (χ3n) is 2.05. The predicted octanol–water partition coefficient (Wildman–Crippen LogP) is 1.46. The number of hydrogen-bond donors (Lipinski definition) is 3. The summed E-state index contributed by atoms with van der Waals surface area (Å²) in [6, 6.07) is 3.26. The minimum Gasteiger partial charge on any atom is -0.454 e. The summed E-state index contributed by atoms with van der Waals surface area (Å²) in [6.07, 6.45) is 0. The van der Waals surface area contributed by atoms with Gasteiger partial charge in [0.25, 0.3) is 5.91 Å². The van der Waals surface area contributed by atoms with Crippen LogP contribution in [-0.4, -0.2) is 24.5 Å². The number of aliphatic imine (C=N–C) groups is 1. The molecule has 108 valence electrons. The van der Waals surface area contributed by atoms with Gasteiger partial charge in [0.2, 0.25) is 0 Å². The number of halogens is 1. The van der Waals surface area contributed by atoms with Crippen LogP contribution in [0.2, 0.25) is 0 Å². The molecule has 0 aliphatic carbocycles. The topological polar surface area (TPSA) is 92.6 Å². The van der Waals surface area contributed by atoms with Crippen LogP contribution in [0.1, 0.15) is 37.1 Å². The molecule has 0 fully saturated rings. The van der Waals surface area contributed by atoms with Crippen molar-refractivity contribution in [1.29, 1.82) is 0 Å². The number of nitrogens with zero attached hydrogens (tertiary/aromatic N) is 1. The van der Waals surface area contributed by atoms with Crippen LogP contribution in [-0.2, 0) is 6.54 Å². The van der Waals surface area contributed by atoms with Crippen LogP contribution in [0, 0.1) is 0 Å². The summed E-state index contributed by atoms with van der Waals surface area (Å²) in [7, 11) is 1.69. The average Bonchev–Trinajstić information content (AvgIpc) is 2.71. The Morgan fingerprint density at radius 1 is 1.42 bits per heavy atom. The summed E-state index contributed by atoms with van der Waals surface area (Å²) in [4.78, 5) is 15.0. The van der Waals surface area contributed by atoms with Crippen molar-refractivity contribution in [3.63, 3.8) is 0 Å². The van der Waals surface area contributed by atoms with E-state index in [2.05, 4.69) is 15.6 Å². The molecule has 0 saturated carbocycles. The van der Waals surface area contributed by atoms with Gasteiger partial charge in [0.1, 0.15) is 5.76 Å². The first-order valence-electron chi connectivity index (χ1n) is 5.69. The summed E-state index contributed by atoms with van der Waals surface area (Å²) in [5.41, 5.74) is 5.02. The second-order valence-electron chi connectivity index (χ2n) is 4.93. The van der Waals surface area contributed by atoms with E-state index in [1.807, 2.05) is 20.8 Å². The fourth-order valence-corrected chi connectivity index (χ4v) is 1.31. The summed E-state index contributed by atoms with van der Waals surface area (Å²) in [6.45, 7) is 6.55. The Labute approximate surface area is 130 Å². The molecule has 1 rings (SSSR count). The largest absolute Gasteiger partial charge is 0.454 e. The molecule has 0 unspecified atom stereocenters. The van der Waals surface area contributed by atoms with E-state index < -0.39 is 5.91 Å². The van der Waals surface area contributed by atoms with E-state index in [0.29, 0.717) is 18.3 Å². The molecule has 1 heterocycles. The van der Waals surface area contributed by atoms with Crippen LogP contribution >= 0.6 is 24.0 Å². The van der Waals surface area contributed by atoms with Crippen molar-refractivity contribution < 1.29 is 9.21 Å². The number of nitrogens with two attached hydrogens (primary N) is 1. The van der Waals surface area contributed by atoms with Crippen molar-refractivity contribution in [2.45, 2.75) is 32.9 Å². The van der Waals surface area contributed by atoms with E-state index in [0.717, 1.165) is 0 Å². The van der Waals surface area contributed by atoms with Crippen molar-refractivity contribution in [3.8, 4) is 0 Å². The van der Waals surface area contributed by atoms with E-state index in [-0.39, 0.29) is 35.3 Å². The lowest BCUT2D eigenvalue weighted by atomic mass is 10.1. The highest BCUT2D eigenvalue weighted by Gasteiger charge is 2.12. The molecule has 0 radical (unpaired) electrons. The quantitative estimate of drug-likeness (QED) is 0.421. The molecule has 6 nitrogen and oxygen atoms in total. The highest BCUT2D eigenvalue weighted by atomic mass is 127. The lowest BCUT2D eigenvalue weighted by molar-refractivity contribution is 0.0972. The van der Waals surface area contributed by atoms with Crippen LogP contribution < -0.4 is 16.4 Å². The van der Waals surface area contributed by atoms with Crippen LogP contribution in [0.4, 0.5) is 0 Å². The Morgan fingerprint density at radius 2 is 2.05 bits per heavy atom. The molecular weight excluding hydrogens is 359 g/mol. The van der Waals surface area contributed by atoms with Crippen LogP contribution in [0.15, 0.2) is 21.5 Å². The van der Waals surface area contributed by atoms with Crippen LogP contribution in [0.3, 0.4) is 0 Å². The predicted molar refractivity (Wildman–Crippen MR) is 85.7 cm³/mol. The molecule has 0 aromatic carbocycles. The van der Waals surface area contributed by atoms with E-state index in [1.165, 1.54) is 0 Å². The lowest BCUT2D eigenvalue weighted by Gasteiger charge is -2.23. The number of nitrogens with one attached hydrogen (secondary N) is 2. The zero-order valence-corrected chi connectivity index (χ0v) is 13.9. The molecule has 0 bridgehead atoms. The van der Waals surface area contributed by atoms with Crippen molar-refractivity contribution in [3.05, 3.63) is 23.7 Å². The smallest absolute Gasteiger partial charge is 0.284 e. The average molecular weight is 380 g/mol. The molecule has 19 heavy (non-hydrogen) atoms. The van der Waals surface area contributed by atoms with Crippen LogP contribution in [0.25, 0.3) is 0 Å². The van der Waals surface area contributed by atoms with Crippen LogP contribution in [0.5, 0.6) is 0 Å². The molecule has 1 aromatic rings. The number of primary amides is 1. The monoisotopic (exact) mass is 380 g/mol. The molecule has 4 N–H and O–H groups in total. The zero-order valence-electron chi connectivity index (χ0n) is 11.6. The van der Waals surface area contributed by atoms with Crippen molar-refractivity contribution in [2.75, 3.05) is 7.05 Å². The van der Waals surface area contributed by atoms with Gasteiger partial charge >= 0.3 is 0 Å². The summed E-state index contributed by atoms with van der Waals surface area (Å²) in [5, 5.41) is 6.30. The fraction of sp³-hybridized carbons (Fsp3) is 0.500. The normalized spacial score (nSPS) is 11.7. The van der Waals surface area contributed by atoms with Gasteiger partial charge in [-0.25, -0.2) is 0 Å². The van der Waals surface area contributed by atoms with E-state index >= 15 is 0 Å². The molecule has 0 aliphatic heterocycles. The fourth-order valence-electron chi connectivity index (χ4n) is 1.31. The van der Waals surface area contributed by atoms with Gasteiger partial charge in [-0.05, 0) is 32.9 Å². The number of amides is 1. The minimum absolute atomic E-state index is 0. The van der Waals surface area contributed by atoms with E-state index in [9.17, 15) is 4.79 Å². The molecule has 1 amide bonds. The Hall–Kier alpha value is -1.25. The van der Waals surface area contributed by atoms with Gasteiger partial charge in [0.15, 0.2) is 11.7 Å². The summed E-state index contributed by atoms with van der Waals surface area (Å²) >= 11 is 0. The maximum absolute atomic E-state index is 10.9. The van der Waals surface area contributed by atoms with Gasteiger partial charge < -0.3 is 20.8 Å².